The third kappa shape index (κ3) is 2.64. The van der Waals surface area contributed by atoms with Crippen molar-refractivity contribution in [1.82, 2.24) is 0 Å². The predicted octanol–water partition coefficient (Wildman–Crippen LogP) is 1.94. The highest BCUT2D eigenvalue weighted by molar-refractivity contribution is 5.40. The van der Waals surface area contributed by atoms with E-state index in [1.807, 2.05) is 32.0 Å². The van der Waals surface area contributed by atoms with Crippen molar-refractivity contribution in [3.63, 3.8) is 0 Å². The summed E-state index contributed by atoms with van der Waals surface area (Å²) in [7, 11) is 1.63. The van der Waals surface area contributed by atoms with Crippen LogP contribution in [0.25, 0.3) is 0 Å². The number of ether oxygens (including phenoxy) is 2. The average Bonchev–Trinajstić information content (AvgIpc) is 2.16. The number of benzene rings is 1. The molecule has 0 saturated heterocycles. The zero-order valence-electron chi connectivity index (χ0n) is 8.91. The highest BCUT2D eigenvalue weighted by Crippen LogP contribution is 2.24. The van der Waals surface area contributed by atoms with Crippen LogP contribution >= 0.6 is 0 Å². The van der Waals surface area contributed by atoms with E-state index < -0.39 is 0 Å². The van der Waals surface area contributed by atoms with E-state index in [0.717, 1.165) is 17.1 Å². The first-order valence-corrected chi connectivity index (χ1v) is 4.71. The molecule has 0 heterocycles. The highest BCUT2D eigenvalue weighted by Gasteiger charge is 2.04. The third-order valence-electron chi connectivity index (χ3n) is 1.85. The summed E-state index contributed by atoms with van der Waals surface area (Å²) < 4.78 is 10.7. The number of hydrogen-bond acceptors (Lipinski definition) is 3. The van der Waals surface area contributed by atoms with E-state index in [9.17, 15) is 0 Å². The van der Waals surface area contributed by atoms with E-state index in [1.54, 1.807) is 7.11 Å². The summed E-state index contributed by atoms with van der Waals surface area (Å²) in [5.41, 5.74) is 6.55. The van der Waals surface area contributed by atoms with E-state index in [2.05, 4.69) is 0 Å². The summed E-state index contributed by atoms with van der Waals surface area (Å²) in [6.45, 7) is 4.46. The van der Waals surface area contributed by atoms with Crippen molar-refractivity contribution in [2.75, 3.05) is 7.11 Å². The van der Waals surface area contributed by atoms with Gasteiger partial charge in [0.15, 0.2) is 0 Å². The smallest absolute Gasteiger partial charge is 0.127 e. The van der Waals surface area contributed by atoms with E-state index in [4.69, 9.17) is 15.2 Å². The summed E-state index contributed by atoms with van der Waals surface area (Å²) in [5.74, 6) is 1.60. The van der Waals surface area contributed by atoms with Crippen molar-refractivity contribution < 1.29 is 9.47 Å². The van der Waals surface area contributed by atoms with Crippen LogP contribution in [0.15, 0.2) is 18.2 Å². The molecule has 1 aromatic carbocycles. The van der Waals surface area contributed by atoms with Gasteiger partial charge in [-0.3, -0.25) is 0 Å². The van der Waals surface area contributed by atoms with Gasteiger partial charge in [-0.2, -0.15) is 0 Å². The average molecular weight is 195 g/mol. The maximum Gasteiger partial charge on any atom is 0.127 e. The first kappa shape index (κ1) is 10.9. The normalized spacial score (nSPS) is 10.4. The van der Waals surface area contributed by atoms with Gasteiger partial charge in [0.1, 0.15) is 11.5 Å². The summed E-state index contributed by atoms with van der Waals surface area (Å²) in [5, 5.41) is 0. The molecule has 0 radical (unpaired) electrons. The second-order valence-electron chi connectivity index (χ2n) is 3.34. The largest absolute Gasteiger partial charge is 0.496 e. The minimum atomic E-state index is 0.170. The molecule has 0 unspecified atom stereocenters. The fraction of sp³-hybridized carbons (Fsp3) is 0.455. The molecule has 14 heavy (non-hydrogen) atoms. The topological polar surface area (TPSA) is 44.5 Å². The van der Waals surface area contributed by atoms with Crippen molar-refractivity contribution in [3.05, 3.63) is 23.8 Å². The van der Waals surface area contributed by atoms with E-state index in [-0.39, 0.29) is 6.10 Å². The summed E-state index contributed by atoms with van der Waals surface area (Å²) in [4.78, 5) is 0. The van der Waals surface area contributed by atoms with Gasteiger partial charge in [0.05, 0.1) is 13.2 Å². The molecule has 0 aliphatic heterocycles. The zero-order chi connectivity index (χ0) is 10.6. The van der Waals surface area contributed by atoms with Gasteiger partial charge in [0.25, 0.3) is 0 Å². The molecular weight excluding hydrogens is 178 g/mol. The number of hydrogen-bond donors (Lipinski definition) is 1. The molecule has 0 spiro atoms. The second kappa shape index (κ2) is 4.86. The van der Waals surface area contributed by atoms with Gasteiger partial charge in [-0.05, 0) is 19.9 Å². The van der Waals surface area contributed by atoms with E-state index >= 15 is 0 Å². The fourth-order valence-electron chi connectivity index (χ4n) is 1.24. The Morgan fingerprint density at radius 1 is 1.36 bits per heavy atom. The van der Waals surface area contributed by atoms with Gasteiger partial charge in [-0.15, -0.1) is 0 Å². The molecule has 0 fully saturated rings. The second-order valence-corrected chi connectivity index (χ2v) is 3.34. The van der Waals surface area contributed by atoms with Crippen LogP contribution in [-0.2, 0) is 6.54 Å². The van der Waals surface area contributed by atoms with Crippen LogP contribution in [0.4, 0.5) is 0 Å². The van der Waals surface area contributed by atoms with Gasteiger partial charge in [0, 0.05) is 18.2 Å². The standard InChI is InChI=1S/C11H17NO2/c1-8(2)14-10-5-4-9(7-12)11(6-10)13-3/h4-6,8H,7,12H2,1-3H3. The van der Waals surface area contributed by atoms with Gasteiger partial charge >= 0.3 is 0 Å². The van der Waals surface area contributed by atoms with Crippen molar-refractivity contribution in [3.8, 4) is 11.5 Å². The Hall–Kier alpha value is -1.22. The van der Waals surface area contributed by atoms with Crippen LogP contribution in [0.3, 0.4) is 0 Å². The lowest BCUT2D eigenvalue weighted by Crippen LogP contribution is -2.06. The Labute approximate surface area is 84.8 Å². The Bertz CT molecular complexity index is 297. The van der Waals surface area contributed by atoms with Gasteiger partial charge < -0.3 is 15.2 Å². The van der Waals surface area contributed by atoms with Crippen molar-refractivity contribution in [1.29, 1.82) is 0 Å². The van der Waals surface area contributed by atoms with Gasteiger partial charge in [0.2, 0.25) is 0 Å². The molecule has 0 aliphatic rings. The summed E-state index contributed by atoms with van der Waals surface area (Å²) in [6, 6.07) is 5.70. The summed E-state index contributed by atoms with van der Waals surface area (Å²) >= 11 is 0. The molecule has 1 aromatic rings. The molecular formula is C11H17NO2. The van der Waals surface area contributed by atoms with Crippen molar-refractivity contribution >= 4 is 0 Å². The molecule has 2 N–H and O–H groups in total. The Balaban J connectivity index is 2.89. The van der Waals surface area contributed by atoms with E-state index in [0.29, 0.717) is 6.54 Å². The summed E-state index contributed by atoms with van der Waals surface area (Å²) in [6.07, 6.45) is 0.170. The van der Waals surface area contributed by atoms with Gasteiger partial charge in [-0.1, -0.05) is 6.07 Å². The molecule has 1 rings (SSSR count). The van der Waals surface area contributed by atoms with Crippen LogP contribution in [0.2, 0.25) is 0 Å². The molecule has 78 valence electrons. The fourth-order valence-corrected chi connectivity index (χ4v) is 1.24. The molecule has 0 amide bonds. The molecule has 0 atom stereocenters. The van der Waals surface area contributed by atoms with Crippen LogP contribution in [-0.4, -0.2) is 13.2 Å². The molecule has 0 bridgehead atoms. The molecule has 0 saturated carbocycles. The Kier molecular flexibility index (Phi) is 3.77. The number of methoxy groups -OCH3 is 1. The zero-order valence-corrected chi connectivity index (χ0v) is 8.91. The Morgan fingerprint density at radius 3 is 2.57 bits per heavy atom. The molecule has 0 aromatic heterocycles. The van der Waals surface area contributed by atoms with Crippen molar-refractivity contribution in [2.24, 2.45) is 5.73 Å². The molecule has 3 heteroatoms. The van der Waals surface area contributed by atoms with Crippen LogP contribution < -0.4 is 15.2 Å². The minimum Gasteiger partial charge on any atom is -0.496 e. The van der Waals surface area contributed by atoms with Crippen LogP contribution in [0.5, 0.6) is 11.5 Å². The lowest BCUT2D eigenvalue weighted by Gasteiger charge is -2.12. The quantitative estimate of drug-likeness (QED) is 0.798. The maximum atomic E-state index is 5.56. The minimum absolute atomic E-state index is 0.170. The molecule has 0 aliphatic carbocycles. The monoisotopic (exact) mass is 195 g/mol. The van der Waals surface area contributed by atoms with Crippen LogP contribution in [0.1, 0.15) is 19.4 Å². The SMILES string of the molecule is COc1cc(OC(C)C)ccc1CN. The van der Waals surface area contributed by atoms with Crippen molar-refractivity contribution in [2.45, 2.75) is 26.5 Å². The highest BCUT2D eigenvalue weighted by atomic mass is 16.5. The lowest BCUT2D eigenvalue weighted by atomic mass is 10.2. The number of rotatable bonds is 4. The van der Waals surface area contributed by atoms with Crippen LogP contribution in [0, 0.1) is 0 Å². The molecule has 3 nitrogen and oxygen atoms in total. The number of nitrogens with two attached hydrogens (primary N) is 1. The Morgan fingerprint density at radius 2 is 2.07 bits per heavy atom. The third-order valence-corrected chi connectivity index (χ3v) is 1.85. The van der Waals surface area contributed by atoms with Gasteiger partial charge in [-0.25, -0.2) is 0 Å². The first-order chi connectivity index (χ1) is 6.67. The first-order valence-electron chi connectivity index (χ1n) is 4.71. The predicted molar refractivity (Wildman–Crippen MR) is 56.6 cm³/mol. The van der Waals surface area contributed by atoms with E-state index in [1.165, 1.54) is 0 Å². The maximum absolute atomic E-state index is 5.56. The lowest BCUT2D eigenvalue weighted by molar-refractivity contribution is 0.241.